The Balaban J connectivity index is 1.77. The van der Waals surface area contributed by atoms with Crippen LogP contribution in [0.25, 0.3) is 0 Å². The summed E-state index contributed by atoms with van der Waals surface area (Å²) >= 11 is 0. The lowest BCUT2D eigenvalue weighted by Gasteiger charge is -2.22. The largest absolute Gasteiger partial charge is 0.464 e. The Labute approximate surface area is 136 Å². The molecular formula is C17H25N3O3. The number of hydrogen-bond acceptors (Lipinski definition) is 4. The molecule has 6 nitrogen and oxygen atoms in total. The highest BCUT2D eigenvalue weighted by Gasteiger charge is 2.37. The molecule has 0 bridgehead atoms. The van der Waals surface area contributed by atoms with E-state index >= 15 is 0 Å². The Morgan fingerprint density at radius 2 is 2.13 bits per heavy atom. The number of carbonyl (C=O) groups is 2. The van der Waals surface area contributed by atoms with E-state index in [4.69, 9.17) is 4.74 Å². The molecule has 0 unspecified atom stereocenters. The van der Waals surface area contributed by atoms with Crippen LogP contribution in [0.15, 0.2) is 6.07 Å². The Morgan fingerprint density at radius 3 is 2.78 bits per heavy atom. The van der Waals surface area contributed by atoms with Crippen molar-refractivity contribution in [3.8, 4) is 0 Å². The van der Waals surface area contributed by atoms with E-state index in [9.17, 15) is 9.59 Å². The lowest BCUT2D eigenvalue weighted by atomic mass is 10.2. The number of ether oxygens (including phenoxy) is 1. The number of hydrogen-bond donors (Lipinski definition) is 0. The Morgan fingerprint density at radius 1 is 1.39 bits per heavy atom. The van der Waals surface area contributed by atoms with Crippen molar-refractivity contribution >= 4 is 11.9 Å². The van der Waals surface area contributed by atoms with Gasteiger partial charge in [0.1, 0.15) is 6.04 Å². The maximum atomic E-state index is 12.8. The molecule has 1 amide bonds. The summed E-state index contributed by atoms with van der Waals surface area (Å²) in [5, 5.41) is 4.53. The van der Waals surface area contributed by atoms with Gasteiger partial charge in [0.2, 0.25) is 0 Å². The quantitative estimate of drug-likeness (QED) is 0.781. The van der Waals surface area contributed by atoms with Gasteiger partial charge in [0, 0.05) is 12.2 Å². The molecule has 2 atom stereocenters. The summed E-state index contributed by atoms with van der Waals surface area (Å²) in [6.45, 7) is 6.85. The van der Waals surface area contributed by atoms with Gasteiger partial charge in [-0.3, -0.25) is 9.48 Å². The molecule has 0 N–H and O–H groups in total. The van der Waals surface area contributed by atoms with E-state index < -0.39 is 6.04 Å². The summed E-state index contributed by atoms with van der Waals surface area (Å²) in [5.74, 6) is 0.210. The first-order valence-corrected chi connectivity index (χ1v) is 8.56. The molecule has 1 aliphatic carbocycles. The van der Waals surface area contributed by atoms with Crippen molar-refractivity contribution in [1.82, 2.24) is 14.7 Å². The van der Waals surface area contributed by atoms with Crippen LogP contribution in [0.3, 0.4) is 0 Å². The summed E-state index contributed by atoms with van der Waals surface area (Å²) in [6, 6.07) is 1.70. The molecule has 0 radical (unpaired) electrons. The number of esters is 1. The zero-order chi connectivity index (χ0) is 16.6. The second-order valence-electron chi connectivity index (χ2n) is 6.60. The van der Waals surface area contributed by atoms with E-state index in [0.717, 1.165) is 12.1 Å². The number of amides is 1. The molecule has 6 heteroatoms. The summed E-state index contributed by atoms with van der Waals surface area (Å²) in [5.41, 5.74) is 1.44. The van der Waals surface area contributed by atoms with Gasteiger partial charge in [-0.05, 0) is 58.4 Å². The average Bonchev–Trinajstić information content (AvgIpc) is 3.13. The van der Waals surface area contributed by atoms with Gasteiger partial charge in [-0.25, -0.2) is 4.79 Å². The molecule has 2 fully saturated rings. The van der Waals surface area contributed by atoms with E-state index in [2.05, 4.69) is 12.0 Å². The fourth-order valence-electron chi connectivity index (χ4n) is 3.42. The fraction of sp³-hybridized carbons (Fsp3) is 0.706. The van der Waals surface area contributed by atoms with Crippen LogP contribution in [0.2, 0.25) is 0 Å². The summed E-state index contributed by atoms with van der Waals surface area (Å²) in [6.07, 6.45) is 3.97. The normalized spacial score (nSPS) is 22.2. The first-order chi connectivity index (χ1) is 11.0. The summed E-state index contributed by atoms with van der Waals surface area (Å²) in [7, 11) is 0. The molecule has 1 aromatic heterocycles. The van der Waals surface area contributed by atoms with Gasteiger partial charge in [0.25, 0.3) is 5.91 Å². The van der Waals surface area contributed by atoms with Crippen molar-refractivity contribution < 1.29 is 14.3 Å². The highest BCUT2D eigenvalue weighted by molar-refractivity contribution is 5.95. The fourth-order valence-corrected chi connectivity index (χ4v) is 3.42. The lowest BCUT2D eigenvalue weighted by Crippen LogP contribution is -2.41. The molecule has 0 aromatic carbocycles. The first kappa shape index (κ1) is 16.0. The minimum absolute atomic E-state index is 0.162. The topological polar surface area (TPSA) is 64.4 Å². The minimum Gasteiger partial charge on any atom is -0.464 e. The molecule has 1 aromatic rings. The van der Waals surface area contributed by atoms with Crippen molar-refractivity contribution in [3.63, 3.8) is 0 Å². The van der Waals surface area contributed by atoms with Crippen LogP contribution < -0.4 is 0 Å². The number of aryl methyl sites for hydroxylation is 1. The summed E-state index contributed by atoms with van der Waals surface area (Å²) in [4.78, 5) is 26.4. The van der Waals surface area contributed by atoms with Gasteiger partial charge in [-0.15, -0.1) is 0 Å². The highest BCUT2D eigenvalue weighted by Crippen LogP contribution is 2.39. The van der Waals surface area contributed by atoms with Crippen molar-refractivity contribution in [3.05, 3.63) is 17.5 Å². The molecule has 0 spiro atoms. The van der Waals surface area contributed by atoms with Gasteiger partial charge in [0.15, 0.2) is 5.69 Å². The van der Waals surface area contributed by atoms with Crippen LogP contribution in [-0.2, 0) is 9.53 Å². The second-order valence-corrected chi connectivity index (χ2v) is 6.60. The number of aromatic nitrogens is 2. The maximum absolute atomic E-state index is 12.8. The van der Waals surface area contributed by atoms with Gasteiger partial charge >= 0.3 is 5.97 Å². The Kier molecular flexibility index (Phi) is 4.41. The van der Waals surface area contributed by atoms with Crippen molar-refractivity contribution in [2.45, 2.75) is 58.5 Å². The van der Waals surface area contributed by atoms with E-state index in [-0.39, 0.29) is 11.9 Å². The second kappa shape index (κ2) is 6.34. The number of carbonyl (C=O) groups excluding carboxylic acids is 2. The van der Waals surface area contributed by atoms with Gasteiger partial charge in [-0.1, -0.05) is 0 Å². The van der Waals surface area contributed by atoms with Gasteiger partial charge in [0.05, 0.1) is 12.6 Å². The van der Waals surface area contributed by atoms with Crippen LogP contribution in [0.5, 0.6) is 0 Å². The molecule has 1 aliphatic heterocycles. The van der Waals surface area contributed by atoms with Crippen LogP contribution in [0, 0.1) is 12.8 Å². The van der Waals surface area contributed by atoms with E-state index in [1.54, 1.807) is 11.8 Å². The smallest absolute Gasteiger partial charge is 0.328 e. The predicted molar refractivity (Wildman–Crippen MR) is 85.1 cm³/mol. The predicted octanol–water partition coefficient (Wildman–Crippen LogP) is 2.33. The van der Waals surface area contributed by atoms with Gasteiger partial charge in [-0.2, -0.15) is 5.10 Å². The Bertz CT molecular complexity index is 606. The molecule has 1 saturated carbocycles. The zero-order valence-corrected chi connectivity index (χ0v) is 14.1. The molecule has 2 aliphatic rings. The monoisotopic (exact) mass is 319 g/mol. The zero-order valence-electron chi connectivity index (χ0n) is 14.1. The third-order valence-corrected chi connectivity index (χ3v) is 4.90. The lowest BCUT2D eigenvalue weighted by molar-refractivity contribution is -0.147. The standard InChI is InChI=1S/C17H25N3O3/c1-4-23-17(22)15-6-5-9-19(15)16(21)14-10-11(2)20(18-14)12(3)13-7-8-13/h10,12-13,15H,4-9H2,1-3H3/t12-,15+/m0/s1. The summed E-state index contributed by atoms with van der Waals surface area (Å²) < 4.78 is 7.05. The molecule has 1 saturated heterocycles. The number of nitrogens with zero attached hydrogens (tertiary/aromatic N) is 3. The third-order valence-electron chi connectivity index (χ3n) is 4.90. The SMILES string of the molecule is CCOC(=O)[C@H]1CCCN1C(=O)c1cc(C)n([C@@H](C)C2CC2)n1. The van der Waals surface area contributed by atoms with Crippen molar-refractivity contribution in [2.75, 3.05) is 13.2 Å². The maximum Gasteiger partial charge on any atom is 0.328 e. The molecule has 23 heavy (non-hydrogen) atoms. The minimum atomic E-state index is -0.464. The van der Waals surface area contributed by atoms with Crippen molar-refractivity contribution in [2.24, 2.45) is 5.92 Å². The van der Waals surface area contributed by atoms with Crippen molar-refractivity contribution in [1.29, 1.82) is 0 Å². The number of rotatable bonds is 5. The molecular weight excluding hydrogens is 294 g/mol. The highest BCUT2D eigenvalue weighted by atomic mass is 16.5. The van der Waals surface area contributed by atoms with Crippen LogP contribution >= 0.6 is 0 Å². The average molecular weight is 319 g/mol. The van der Waals surface area contributed by atoms with Crippen LogP contribution in [0.1, 0.15) is 61.8 Å². The van der Waals surface area contributed by atoms with E-state index in [0.29, 0.717) is 37.2 Å². The van der Waals surface area contributed by atoms with Gasteiger partial charge < -0.3 is 9.64 Å². The van der Waals surface area contributed by atoms with E-state index in [1.165, 1.54) is 12.8 Å². The first-order valence-electron chi connectivity index (χ1n) is 8.56. The third kappa shape index (κ3) is 3.12. The van der Waals surface area contributed by atoms with E-state index in [1.807, 2.05) is 17.7 Å². The Hall–Kier alpha value is -1.85. The molecule has 126 valence electrons. The van der Waals surface area contributed by atoms with Crippen LogP contribution in [0.4, 0.5) is 0 Å². The van der Waals surface area contributed by atoms with Crippen LogP contribution in [-0.4, -0.2) is 45.8 Å². The molecule has 3 rings (SSSR count). The number of likely N-dealkylation sites (tertiary alicyclic amines) is 1. The molecule has 2 heterocycles.